The summed E-state index contributed by atoms with van der Waals surface area (Å²) in [5.74, 6) is 0. The van der Waals surface area contributed by atoms with Gasteiger partial charge in [-0.1, -0.05) is 212 Å². The van der Waals surface area contributed by atoms with Gasteiger partial charge in [-0.25, -0.2) is 4.98 Å². The van der Waals surface area contributed by atoms with Crippen molar-refractivity contribution >= 4 is 64.6 Å². The lowest BCUT2D eigenvalue weighted by molar-refractivity contribution is 1.21. The van der Waals surface area contributed by atoms with Crippen LogP contribution in [0, 0.1) is 0 Å². The first kappa shape index (κ1) is 34.1. The van der Waals surface area contributed by atoms with Crippen LogP contribution in [0.5, 0.6) is 0 Å². The second-order valence-corrected chi connectivity index (χ2v) is 15.6. The lowest BCUT2D eigenvalue weighted by Gasteiger charge is -2.17. The largest absolute Gasteiger partial charge is 0.252 e. The molecule has 2 nitrogen and oxygen atoms in total. The van der Waals surface area contributed by atoms with E-state index in [1.165, 1.54) is 81.3 Å². The average molecular weight is 761 g/mol. The van der Waals surface area contributed by atoms with Crippen LogP contribution in [0.1, 0.15) is 0 Å². The van der Waals surface area contributed by atoms with Crippen molar-refractivity contribution in [2.45, 2.75) is 0 Å². The molecule has 0 saturated heterocycles. The molecule has 0 radical (unpaired) electrons. The minimum absolute atomic E-state index is 0.843. The molecule has 12 rings (SSSR count). The van der Waals surface area contributed by atoms with Crippen molar-refractivity contribution in [1.82, 2.24) is 9.97 Å². The molecule has 0 atom stereocenters. The second kappa shape index (κ2) is 13.9. The van der Waals surface area contributed by atoms with Crippen LogP contribution in [0.15, 0.2) is 219 Å². The zero-order chi connectivity index (χ0) is 39.6. The quantitative estimate of drug-likeness (QED) is 0.163. The highest BCUT2D eigenvalue weighted by atomic mass is 14.8. The molecule has 60 heavy (non-hydrogen) atoms. The molecule has 12 aromatic rings. The molecule has 2 heteroatoms. The Labute approximate surface area is 347 Å². The first-order valence-corrected chi connectivity index (χ1v) is 20.6. The van der Waals surface area contributed by atoms with Gasteiger partial charge < -0.3 is 0 Å². The van der Waals surface area contributed by atoms with E-state index in [1.807, 2.05) is 30.5 Å². The van der Waals surface area contributed by atoms with Crippen LogP contribution in [0.4, 0.5) is 0 Å². The predicted molar refractivity (Wildman–Crippen MR) is 254 cm³/mol. The molecule has 0 fully saturated rings. The standard InChI is InChI=1S/C58H36N2/c1-3-14-41(15-4-1)57-58(42-16-5-2-6-17-42)60-53(36-59-57)38-30-28-37(29-31-38)43-34-35-47(45-21-8-7-20-44(43)45)50-26-13-27-52-51-25-12-19-40-33-32-39-18-11-24-48(54(39)55(40)51)46-22-9-10-23-49(46)56(50)52/h1-36H. The number of rotatable bonds is 5. The lowest BCUT2D eigenvalue weighted by Crippen LogP contribution is -1.96. The van der Waals surface area contributed by atoms with Crippen molar-refractivity contribution < 1.29 is 0 Å². The third kappa shape index (κ3) is 5.42. The van der Waals surface area contributed by atoms with E-state index in [0.717, 1.165) is 39.3 Å². The minimum Gasteiger partial charge on any atom is -0.252 e. The van der Waals surface area contributed by atoms with E-state index in [-0.39, 0.29) is 0 Å². The Hall–Kier alpha value is -7.94. The number of fused-ring (bicyclic) bond motifs is 6. The molecule has 278 valence electrons. The zero-order valence-corrected chi connectivity index (χ0v) is 32.7. The normalized spacial score (nSPS) is 11.7. The van der Waals surface area contributed by atoms with Gasteiger partial charge in [0.05, 0.1) is 23.3 Å². The molecule has 1 aromatic heterocycles. The molecule has 0 saturated carbocycles. The fourth-order valence-corrected chi connectivity index (χ4v) is 9.57. The number of hydrogen-bond acceptors (Lipinski definition) is 2. The van der Waals surface area contributed by atoms with Crippen LogP contribution in [0.25, 0.3) is 121 Å². The SMILES string of the molecule is c1ccc(-c2ncc(-c3ccc(-c4ccc(-c5cccc6c7cccc8ccc9cccc(c%10ccccc%10c56)c9c87)c5ccccc45)cc3)nc2-c2ccccc2)cc1. The van der Waals surface area contributed by atoms with Crippen LogP contribution in [0.2, 0.25) is 0 Å². The molecular formula is C58H36N2. The molecular weight excluding hydrogens is 725 g/mol. The average Bonchev–Trinajstić information content (AvgIpc) is 3.33. The fraction of sp³-hybridized carbons (Fsp3) is 0. The summed E-state index contributed by atoms with van der Waals surface area (Å²) in [5.41, 5.74) is 10.5. The Kier molecular flexibility index (Phi) is 7.89. The molecule has 0 aliphatic rings. The van der Waals surface area contributed by atoms with Crippen LogP contribution in [-0.2, 0) is 0 Å². The van der Waals surface area contributed by atoms with Gasteiger partial charge >= 0.3 is 0 Å². The van der Waals surface area contributed by atoms with Crippen molar-refractivity contribution in [3.8, 4) is 56.0 Å². The third-order valence-corrected chi connectivity index (χ3v) is 12.3. The Morgan fingerprint density at radius 2 is 0.717 bits per heavy atom. The molecule has 0 unspecified atom stereocenters. The van der Waals surface area contributed by atoms with Gasteiger partial charge in [0.25, 0.3) is 0 Å². The van der Waals surface area contributed by atoms with E-state index in [1.54, 1.807) is 0 Å². The summed E-state index contributed by atoms with van der Waals surface area (Å²) >= 11 is 0. The van der Waals surface area contributed by atoms with Gasteiger partial charge in [-0.3, -0.25) is 4.98 Å². The molecule has 0 amide bonds. The monoisotopic (exact) mass is 760 g/mol. The molecule has 0 bridgehead atoms. The van der Waals surface area contributed by atoms with Crippen LogP contribution in [-0.4, -0.2) is 9.97 Å². The van der Waals surface area contributed by atoms with Crippen molar-refractivity contribution in [2.24, 2.45) is 0 Å². The Morgan fingerprint density at radius 3 is 1.38 bits per heavy atom. The predicted octanol–water partition coefficient (Wildman–Crippen LogP) is 15.7. The van der Waals surface area contributed by atoms with Crippen LogP contribution in [0.3, 0.4) is 0 Å². The Balaban J connectivity index is 1.03. The molecule has 1 heterocycles. The van der Waals surface area contributed by atoms with E-state index in [0.29, 0.717) is 0 Å². The number of aromatic nitrogens is 2. The summed E-state index contributed by atoms with van der Waals surface area (Å²) in [6, 6.07) is 76.8. The highest BCUT2D eigenvalue weighted by Gasteiger charge is 2.18. The lowest BCUT2D eigenvalue weighted by atomic mass is 9.86. The first-order chi connectivity index (χ1) is 29.8. The summed E-state index contributed by atoms with van der Waals surface area (Å²) in [5, 5.41) is 15.2. The fourth-order valence-electron chi connectivity index (χ4n) is 9.57. The maximum Gasteiger partial charge on any atom is 0.0972 e. The van der Waals surface area contributed by atoms with E-state index >= 15 is 0 Å². The van der Waals surface area contributed by atoms with Gasteiger partial charge in [-0.05, 0) is 86.9 Å². The first-order valence-electron chi connectivity index (χ1n) is 20.6. The minimum atomic E-state index is 0.843. The summed E-state index contributed by atoms with van der Waals surface area (Å²) < 4.78 is 0. The third-order valence-electron chi connectivity index (χ3n) is 12.3. The van der Waals surface area contributed by atoms with Crippen molar-refractivity contribution in [3.63, 3.8) is 0 Å². The van der Waals surface area contributed by atoms with E-state index < -0.39 is 0 Å². The maximum absolute atomic E-state index is 5.22. The van der Waals surface area contributed by atoms with Gasteiger partial charge in [-0.15, -0.1) is 0 Å². The van der Waals surface area contributed by atoms with Gasteiger partial charge in [0.1, 0.15) is 0 Å². The van der Waals surface area contributed by atoms with Crippen LogP contribution >= 0.6 is 0 Å². The van der Waals surface area contributed by atoms with Gasteiger partial charge in [-0.2, -0.15) is 0 Å². The second-order valence-electron chi connectivity index (χ2n) is 15.6. The zero-order valence-electron chi connectivity index (χ0n) is 32.7. The molecule has 0 N–H and O–H groups in total. The van der Waals surface area contributed by atoms with Crippen molar-refractivity contribution in [3.05, 3.63) is 219 Å². The van der Waals surface area contributed by atoms with E-state index in [2.05, 4.69) is 188 Å². The Bertz CT molecular complexity index is 3630. The number of benzene rings is 10. The molecule has 11 aromatic carbocycles. The highest BCUT2D eigenvalue weighted by molar-refractivity contribution is 6.34. The number of hydrogen-bond donors (Lipinski definition) is 0. The van der Waals surface area contributed by atoms with E-state index in [4.69, 9.17) is 9.97 Å². The van der Waals surface area contributed by atoms with E-state index in [9.17, 15) is 0 Å². The summed E-state index contributed by atoms with van der Waals surface area (Å²) in [6.07, 6.45) is 1.90. The summed E-state index contributed by atoms with van der Waals surface area (Å²) in [6.45, 7) is 0. The summed E-state index contributed by atoms with van der Waals surface area (Å²) in [4.78, 5) is 10.2. The van der Waals surface area contributed by atoms with Gasteiger partial charge in [0.2, 0.25) is 0 Å². The van der Waals surface area contributed by atoms with Gasteiger partial charge in [0.15, 0.2) is 0 Å². The van der Waals surface area contributed by atoms with Crippen molar-refractivity contribution in [1.29, 1.82) is 0 Å². The smallest absolute Gasteiger partial charge is 0.0972 e. The highest BCUT2D eigenvalue weighted by Crippen LogP contribution is 2.45. The Morgan fingerprint density at radius 1 is 0.250 bits per heavy atom. The number of nitrogens with zero attached hydrogens (tertiary/aromatic N) is 2. The molecule has 0 aliphatic carbocycles. The topological polar surface area (TPSA) is 25.8 Å². The maximum atomic E-state index is 5.22. The van der Waals surface area contributed by atoms with Gasteiger partial charge in [0, 0.05) is 16.7 Å². The van der Waals surface area contributed by atoms with Crippen LogP contribution < -0.4 is 0 Å². The molecule has 0 aliphatic heterocycles. The van der Waals surface area contributed by atoms with Crippen molar-refractivity contribution in [2.75, 3.05) is 0 Å². The molecule has 0 spiro atoms. The summed E-state index contributed by atoms with van der Waals surface area (Å²) in [7, 11) is 0.